The molecule has 0 amide bonds. The maximum atomic E-state index is 12.1. The van der Waals surface area contributed by atoms with E-state index in [1.54, 1.807) is 6.92 Å². The van der Waals surface area contributed by atoms with Crippen LogP contribution in [0.1, 0.15) is 27.6 Å². The number of hydrogen-bond acceptors (Lipinski definition) is 8. The number of phenolic OH excluding ortho intramolecular Hbond substituents is 4. The van der Waals surface area contributed by atoms with Crippen LogP contribution in [0.5, 0.6) is 28.7 Å². The molecule has 0 aromatic heterocycles. The predicted octanol–water partition coefficient (Wildman–Crippen LogP) is 1.90. The molecule has 2 aromatic rings. The highest BCUT2D eigenvalue weighted by Crippen LogP contribution is 2.34. The van der Waals surface area contributed by atoms with Gasteiger partial charge in [-0.25, -0.2) is 9.59 Å². The topological polar surface area (TPSA) is 134 Å². The van der Waals surface area contributed by atoms with Crippen molar-refractivity contribution in [2.24, 2.45) is 0 Å². The molecule has 2 rings (SSSR count). The molecule has 0 aliphatic rings. The second-order valence-electron chi connectivity index (χ2n) is 4.65. The normalized spacial score (nSPS) is 10.2. The Bertz CT molecular complexity index is 797. The Morgan fingerprint density at radius 3 is 2.25 bits per heavy atom. The van der Waals surface area contributed by atoms with Gasteiger partial charge in [-0.15, -0.1) is 0 Å². The van der Waals surface area contributed by atoms with Gasteiger partial charge in [-0.3, -0.25) is 0 Å². The molecular formula is C16H14O8. The van der Waals surface area contributed by atoms with E-state index in [0.29, 0.717) is 0 Å². The summed E-state index contributed by atoms with van der Waals surface area (Å²) >= 11 is 0. The molecule has 0 saturated heterocycles. The molecule has 0 atom stereocenters. The van der Waals surface area contributed by atoms with E-state index in [2.05, 4.69) is 0 Å². The first-order valence-electron chi connectivity index (χ1n) is 6.80. The van der Waals surface area contributed by atoms with Crippen molar-refractivity contribution in [1.29, 1.82) is 0 Å². The highest BCUT2D eigenvalue weighted by atomic mass is 16.5. The zero-order chi connectivity index (χ0) is 17.9. The SMILES string of the molecule is CCOC(=O)c1c(O)cc(O)cc1OC(=O)c1ccc(O)c(O)c1. The lowest BCUT2D eigenvalue weighted by atomic mass is 10.1. The number of esters is 2. The molecule has 126 valence electrons. The summed E-state index contributed by atoms with van der Waals surface area (Å²) in [5, 5.41) is 38.0. The van der Waals surface area contributed by atoms with Crippen LogP contribution < -0.4 is 4.74 Å². The quantitative estimate of drug-likeness (QED) is 0.378. The van der Waals surface area contributed by atoms with Gasteiger partial charge in [0.15, 0.2) is 17.2 Å². The average Bonchev–Trinajstić information content (AvgIpc) is 2.49. The number of carbonyl (C=O) groups excluding carboxylic acids is 2. The van der Waals surface area contributed by atoms with Crippen LogP contribution in [-0.4, -0.2) is 39.0 Å². The summed E-state index contributed by atoms with van der Waals surface area (Å²) in [6.07, 6.45) is 0. The Morgan fingerprint density at radius 1 is 0.917 bits per heavy atom. The number of phenols is 4. The lowest BCUT2D eigenvalue weighted by Crippen LogP contribution is -2.13. The van der Waals surface area contributed by atoms with Crippen LogP contribution in [0.25, 0.3) is 0 Å². The molecule has 0 bridgehead atoms. The van der Waals surface area contributed by atoms with Crippen LogP contribution in [0.3, 0.4) is 0 Å². The van der Waals surface area contributed by atoms with Crippen LogP contribution >= 0.6 is 0 Å². The lowest BCUT2D eigenvalue weighted by Gasteiger charge is -2.12. The van der Waals surface area contributed by atoms with Crippen LogP contribution in [0.4, 0.5) is 0 Å². The Morgan fingerprint density at radius 2 is 1.62 bits per heavy atom. The van der Waals surface area contributed by atoms with E-state index in [-0.39, 0.29) is 12.2 Å². The van der Waals surface area contributed by atoms with E-state index in [1.807, 2.05) is 0 Å². The summed E-state index contributed by atoms with van der Waals surface area (Å²) in [5.41, 5.74) is -0.547. The molecule has 0 aliphatic carbocycles. The summed E-state index contributed by atoms with van der Waals surface area (Å²) in [4.78, 5) is 24.0. The fraction of sp³-hybridized carbons (Fsp3) is 0.125. The zero-order valence-corrected chi connectivity index (χ0v) is 12.5. The maximum absolute atomic E-state index is 12.1. The Balaban J connectivity index is 2.39. The summed E-state index contributed by atoms with van der Waals surface area (Å²) in [7, 11) is 0. The molecule has 24 heavy (non-hydrogen) atoms. The van der Waals surface area contributed by atoms with Crippen LogP contribution in [0, 0.1) is 0 Å². The van der Waals surface area contributed by atoms with Crippen molar-refractivity contribution in [3.8, 4) is 28.7 Å². The van der Waals surface area contributed by atoms with Gasteiger partial charge in [0.2, 0.25) is 0 Å². The van der Waals surface area contributed by atoms with Crippen molar-refractivity contribution in [2.45, 2.75) is 6.92 Å². The standard InChI is InChI=1S/C16H14O8/c1-2-23-16(22)14-12(20)6-9(17)7-13(14)24-15(21)8-3-4-10(18)11(19)5-8/h3-7,17-20H,2H2,1H3. The molecule has 2 aromatic carbocycles. The molecule has 8 heteroatoms. The van der Waals surface area contributed by atoms with Crippen molar-refractivity contribution in [1.82, 2.24) is 0 Å². The van der Waals surface area contributed by atoms with Crippen molar-refractivity contribution >= 4 is 11.9 Å². The molecule has 0 radical (unpaired) electrons. The summed E-state index contributed by atoms with van der Waals surface area (Å²) < 4.78 is 9.77. The summed E-state index contributed by atoms with van der Waals surface area (Å²) in [6.45, 7) is 1.58. The van der Waals surface area contributed by atoms with Crippen LogP contribution in [0.2, 0.25) is 0 Å². The third kappa shape index (κ3) is 3.49. The highest BCUT2D eigenvalue weighted by Gasteiger charge is 2.23. The maximum Gasteiger partial charge on any atom is 0.345 e. The van der Waals surface area contributed by atoms with Gasteiger partial charge in [0.1, 0.15) is 17.1 Å². The number of carbonyl (C=O) groups is 2. The first-order chi connectivity index (χ1) is 11.3. The second kappa shape index (κ2) is 6.78. The smallest absolute Gasteiger partial charge is 0.345 e. The van der Waals surface area contributed by atoms with Crippen molar-refractivity contribution in [3.05, 3.63) is 41.5 Å². The largest absolute Gasteiger partial charge is 0.508 e. The Hall–Kier alpha value is -3.42. The lowest BCUT2D eigenvalue weighted by molar-refractivity contribution is 0.0517. The predicted molar refractivity (Wildman–Crippen MR) is 80.5 cm³/mol. The van der Waals surface area contributed by atoms with Gasteiger partial charge in [-0.05, 0) is 25.1 Å². The van der Waals surface area contributed by atoms with E-state index < -0.39 is 46.2 Å². The minimum atomic E-state index is -0.985. The first-order valence-corrected chi connectivity index (χ1v) is 6.80. The third-order valence-corrected chi connectivity index (χ3v) is 2.96. The minimum Gasteiger partial charge on any atom is -0.508 e. The van der Waals surface area contributed by atoms with E-state index in [0.717, 1.165) is 24.3 Å². The number of rotatable bonds is 4. The summed E-state index contributed by atoms with van der Waals surface area (Å²) in [6, 6.07) is 5.09. The second-order valence-corrected chi connectivity index (χ2v) is 4.65. The fourth-order valence-electron chi connectivity index (χ4n) is 1.88. The van der Waals surface area contributed by atoms with Gasteiger partial charge in [-0.2, -0.15) is 0 Å². The molecule has 0 heterocycles. The van der Waals surface area contributed by atoms with Crippen LogP contribution in [0.15, 0.2) is 30.3 Å². The molecule has 0 aliphatic heterocycles. The van der Waals surface area contributed by atoms with Crippen molar-refractivity contribution < 1.29 is 39.5 Å². The van der Waals surface area contributed by atoms with Gasteiger partial charge in [0, 0.05) is 12.1 Å². The third-order valence-electron chi connectivity index (χ3n) is 2.96. The van der Waals surface area contributed by atoms with Gasteiger partial charge in [0.05, 0.1) is 12.2 Å². The first kappa shape index (κ1) is 16.9. The highest BCUT2D eigenvalue weighted by molar-refractivity contribution is 5.98. The molecule has 0 fully saturated rings. The number of ether oxygens (including phenoxy) is 2. The van der Waals surface area contributed by atoms with E-state index in [9.17, 15) is 30.0 Å². The molecule has 0 unspecified atom stereocenters. The molecule has 0 saturated carbocycles. The van der Waals surface area contributed by atoms with Crippen molar-refractivity contribution in [3.63, 3.8) is 0 Å². The van der Waals surface area contributed by atoms with E-state index in [1.165, 1.54) is 6.07 Å². The van der Waals surface area contributed by atoms with Gasteiger partial charge in [-0.1, -0.05) is 0 Å². The number of benzene rings is 2. The van der Waals surface area contributed by atoms with E-state index >= 15 is 0 Å². The monoisotopic (exact) mass is 334 g/mol. The van der Waals surface area contributed by atoms with Gasteiger partial charge < -0.3 is 29.9 Å². The fourth-order valence-corrected chi connectivity index (χ4v) is 1.88. The van der Waals surface area contributed by atoms with Gasteiger partial charge in [0.25, 0.3) is 0 Å². The Labute approximate surface area is 136 Å². The molecular weight excluding hydrogens is 320 g/mol. The molecule has 8 nitrogen and oxygen atoms in total. The van der Waals surface area contributed by atoms with Crippen LogP contribution in [-0.2, 0) is 4.74 Å². The summed E-state index contributed by atoms with van der Waals surface area (Å²) in [5.74, 6) is -4.35. The minimum absolute atomic E-state index is 0.0262. The number of aromatic hydroxyl groups is 4. The van der Waals surface area contributed by atoms with Crippen molar-refractivity contribution in [2.75, 3.05) is 6.61 Å². The zero-order valence-electron chi connectivity index (χ0n) is 12.5. The Kier molecular flexibility index (Phi) is 4.78. The molecule has 0 spiro atoms. The number of hydrogen-bond donors (Lipinski definition) is 4. The van der Waals surface area contributed by atoms with Gasteiger partial charge >= 0.3 is 11.9 Å². The average molecular weight is 334 g/mol. The van der Waals surface area contributed by atoms with E-state index in [4.69, 9.17) is 9.47 Å². The molecule has 4 N–H and O–H groups in total.